The van der Waals surface area contributed by atoms with Gasteiger partial charge in [-0.05, 0) is 61.0 Å². The van der Waals surface area contributed by atoms with E-state index in [9.17, 15) is 9.59 Å². The largest absolute Gasteiger partial charge is 0.497 e. The first-order valence-corrected chi connectivity index (χ1v) is 8.54. The van der Waals surface area contributed by atoms with Gasteiger partial charge in [-0.1, -0.05) is 6.07 Å². The van der Waals surface area contributed by atoms with E-state index in [-0.39, 0.29) is 17.3 Å². The van der Waals surface area contributed by atoms with E-state index in [1.165, 1.54) is 12.3 Å². The third kappa shape index (κ3) is 3.16. The van der Waals surface area contributed by atoms with Gasteiger partial charge in [0.05, 0.1) is 18.8 Å². The maximum absolute atomic E-state index is 13.1. The minimum atomic E-state index is -0.779. The number of ether oxygens (including phenoxy) is 2. The van der Waals surface area contributed by atoms with Gasteiger partial charge in [0.2, 0.25) is 16.9 Å². The minimum absolute atomic E-state index is 0.0101. The predicted octanol–water partition coefficient (Wildman–Crippen LogP) is 4.59. The zero-order valence-electron chi connectivity index (χ0n) is 15.2. The summed E-state index contributed by atoms with van der Waals surface area (Å²) in [6.07, 6.45) is 1.35. The first kappa shape index (κ1) is 17.6. The average Bonchev–Trinajstić information content (AvgIpc) is 3.25. The number of hydrogen-bond donors (Lipinski definition) is 0. The van der Waals surface area contributed by atoms with Crippen LogP contribution in [0.1, 0.15) is 16.1 Å². The molecule has 140 valence electrons. The number of carbonyl (C=O) groups excluding carboxylic acids is 1. The molecule has 0 bridgehead atoms. The molecule has 2 aromatic heterocycles. The SMILES string of the molecule is COc1ccc(-c2oc3cc(C)ccc3c(=O)c2OC(=O)c2ccco2)cc1. The van der Waals surface area contributed by atoms with E-state index >= 15 is 0 Å². The second-order valence-corrected chi connectivity index (χ2v) is 6.18. The summed E-state index contributed by atoms with van der Waals surface area (Å²) in [6, 6.07) is 15.1. The zero-order chi connectivity index (χ0) is 19.7. The van der Waals surface area contributed by atoms with Crippen molar-refractivity contribution in [2.45, 2.75) is 6.92 Å². The normalized spacial score (nSPS) is 10.8. The second-order valence-electron chi connectivity index (χ2n) is 6.18. The van der Waals surface area contributed by atoms with Crippen molar-refractivity contribution in [1.29, 1.82) is 0 Å². The number of esters is 1. The number of hydrogen-bond acceptors (Lipinski definition) is 6. The molecule has 0 radical (unpaired) electrons. The Morgan fingerprint density at radius 2 is 1.82 bits per heavy atom. The van der Waals surface area contributed by atoms with E-state index < -0.39 is 11.4 Å². The Kier molecular flexibility index (Phi) is 4.45. The lowest BCUT2D eigenvalue weighted by Crippen LogP contribution is -2.16. The summed E-state index contributed by atoms with van der Waals surface area (Å²) in [5.74, 6) is -0.173. The van der Waals surface area contributed by atoms with E-state index in [1.807, 2.05) is 6.92 Å². The zero-order valence-corrected chi connectivity index (χ0v) is 15.2. The van der Waals surface area contributed by atoms with E-state index in [2.05, 4.69) is 0 Å². The maximum Gasteiger partial charge on any atom is 0.379 e. The van der Waals surface area contributed by atoms with Gasteiger partial charge in [-0.15, -0.1) is 0 Å². The van der Waals surface area contributed by atoms with Gasteiger partial charge in [-0.25, -0.2) is 4.79 Å². The molecule has 2 heterocycles. The van der Waals surface area contributed by atoms with Crippen molar-refractivity contribution < 1.29 is 23.1 Å². The Balaban J connectivity index is 1.91. The van der Waals surface area contributed by atoms with Gasteiger partial charge in [0.1, 0.15) is 11.3 Å². The van der Waals surface area contributed by atoms with Crippen LogP contribution < -0.4 is 14.9 Å². The van der Waals surface area contributed by atoms with Crippen LogP contribution in [-0.2, 0) is 0 Å². The molecule has 0 aliphatic rings. The van der Waals surface area contributed by atoms with Crippen molar-refractivity contribution in [3.05, 3.63) is 82.4 Å². The molecule has 6 heteroatoms. The Morgan fingerprint density at radius 3 is 2.50 bits per heavy atom. The molecule has 0 aliphatic heterocycles. The fourth-order valence-electron chi connectivity index (χ4n) is 2.85. The molecule has 0 spiro atoms. The quantitative estimate of drug-likeness (QED) is 0.485. The fraction of sp³-hybridized carbons (Fsp3) is 0.0909. The van der Waals surface area contributed by atoms with Crippen LogP contribution in [0.3, 0.4) is 0 Å². The summed E-state index contributed by atoms with van der Waals surface area (Å²) >= 11 is 0. The average molecular weight is 376 g/mol. The van der Waals surface area contributed by atoms with Crippen LogP contribution in [0.25, 0.3) is 22.3 Å². The molecule has 2 aromatic carbocycles. The third-order valence-corrected chi connectivity index (χ3v) is 4.28. The number of aryl methyl sites for hydroxylation is 1. The molecule has 0 amide bonds. The highest BCUT2D eigenvalue weighted by atomic mass is 16.6. The molecule has 0 saturated carbocycles. The van der Waals surface area contributed by atoms with Crippen LogP contribution in [-0.4, -0.2) is 13.1 Å². The monoisotopic (exact) mass is 376 g/mol. The highest BCUT2D eigenvalue weighted by molar-refractivity contribution is 5.90. The highest BCUT2D eigenvalue weighted by Crippen LogP contribution is 2.32. The van der Waals surface area contributed by atoms with Crippen molar-refractivity contribution in [2.24, 2.45) is 0 Å². The molecule has 0 unspecified atom stereocenters. The number of furan rings is 1. The lowest BCUT2D eigenvalue weighted by molar-refractivity contribution is 0.0698. The Morgan fingerprint density at radius 1 is 1.04 bits per heavy atom. The Hall–Kier alpha value is -3.80. The van der Waals surface area contributed by atoms with Crippen molar-refractivity contribution in [3.8, 4) is 22.8 Å². The van der Waals surface area contributed by atoms with Gasteiger partial charge in [-0.2, -0.15) is 0 Å². The van der Waals surface area contributed by atoms with Crippen molar-refractivity contribution in [3.63, 3.8) is 0 Å². The molecule has 28 heavy (non-hydrogen) atoms. The van der Waals surface area contributed by atoms with Gasteiger partial charge in [0, 0.05) is 5.56 Å². The first-order chi connectivity index (χ1) is 13.6. The van der Waals surface area contributed by atoms with Crippen molar-refractivity contribution in [1.82, 2.24) is 0 Å². The van der Waals surface area contributed by atoms with Crippen LogP contribution in [0.4, 0.5) is 0 Å². The van der Waals surface area contributed by atoms with E-state index in [0.29, 0.717) is 22.3 Å². The summed E-state index contributed by atoms with van der Waals surface area (Å²) in [5.41, 5.74) is 1.49. The van der Waals surface area contributed by atoms with E-state index in [1.54, 1.807) is 55.6 Å². The van der Waals surface area contributed by atoms with Crippen molar-refractivity contribution in [2.75, 3.05) is 7.11 Å². The standard InChI is InChI=1S/C22H16O6/c1-13-5-10-16-18(12-13)27-20(14-6-8-15(25-2)9-7-14)21(19(16)23)28-22(24)17-4-3-11-26-17/h3-12H,1-2H3. The van der Waals surface area contributed by atoms with E-state index in [4.69, 9.17) is 18.3 Å². The lowest BCUT2D eigenvalue weighted by Gasteiger charge is -2.11. The van der Waals surface area contributed by atoms with Crippen LogP contribution in [0.5, 0.6) is 11.5 Å². The molecule has 0 atom stereocenters. The van der Waals surface area contributed by atoms with Crippen LogP contribution in [0.2, 0.25) is 0 Å². The molecule has 4 aromatic rings. The van der Waals surface area contributed by atoms with Gasteiger partial charge in [-0.3, -0.25) is 4.79 Å². The fourth-order valence-corrected chi connectivity index (χ4v) is 2.85. The molecule has 6 nitrogen and oxygen atoms in total. The van der Waals surface area contributed by atoms with Gasteiger partial charge in [0.15, 0.2) is 5.76 Å². The number of methoxy groups -OCH3 is 1. The van der Waals surface area contributed by atoms with Gasteiger partial charge < -0.3 is 18.3 Å². The molecule has 4 rings (SSSR count). The molecule has 0 saturated heterocycles. The summed E-state index contributed by atoms with van der Waals surface area (Å²) in [6.45, 7) is 1.90. The Bertz CT molecular complexity index is 1200. The van der Waals surface area contributed by atoms with E-state index in [0.717, 1.165) is 5.56 Å². The topological polar surface area (TPSA) is 78.9 Å². The number of rotatable bonds is 4. The Labute approximate surface area is 159 Å². The lowest BCUT2D eigenvalue weighted by atomic mass is 10.1. The molecule has 0 N–H and O–H groups in total. The number of benzene rings is 2. The smallest absolute Gasteiger partial charge is 0.379 e. The predicted molar refractivity (Wildman–Crippen MR) is 103 cm³/mol. The maximum atomic E-state index is 13.1. The molecular weight excluding hydrogens is 360 g/mol. The highest BCUT2D eigenvalue weighted by Gasteiger charge is 2.22. The van der Waals surface area contributed by atoms with Crippen molar-refractivity contribution >= 4 is 16.9 Å². The molecule has 0 aliphatic carbocycles. The second kappa shape index (κ2) is 7.08. The number of carbonyl (C=O) groups is 1. The summed E-state index contributed by atoms with van der Waals surface area (Å²) in [7, 11) is 1.56. The van der Waals surface area contributed by atoms with Gasteiger partial charge in [0.25, 0.3) is 0 Å². The third-order valence-electron chi connectivity index (χ3n) is 4.28. The molecular formula is C22H16O6. The summed E-state index contributed by atoms with van der Waals surface area (Å²) < 4.78 is 21.6. The first-order valence-electron chi connectivity index (χ1n) is 8.54. The van der Waals surface area contributed by atoms with Crippen LogP contribution >= 0.6 is 0 Å². The molecule has 0 fully saturated rings. The summed E-state index contributed by atoms with van der Waals surface area (Å²) in [5, 5.41) is 0.324. The van der Waals surface area contributed by atoms with Crippen LogP contribution in [0, 0.1) is 6.92 Å². The summed E-state index contributed by atoms with van der Waals surface area (Å²) in [4.78, 5) is 25.5. The number of fused-ring (bicyclic) bond motifs is 1. The minimum Gasteiger partial charge on any atom is -0.497 e. The van der Waals surface area contributed by atoms with Gasteiger partial charge >= 0.3 is 5.97 Å². The van der Waals surface area contributed by atoms with Crippen LogP contribution in [0.15, 0.2) is 74.5 Å².